The van der Waals surface area contributed by atoms with Crippen LogP contribution in [-0.4, -0.2) is 34.6 Å². The van der Waals surface area contributed by atoms with Crippen LogP contribution in [-0.2, 0) is 16.2 Å². The molecule has 0 saturated heterocycles. The van der Waals surface area contributed by atoms with Gasteiger partial charge in [-0.1, -0.05) is 34.4 Å². The summed E-state index contributed by atoms with van der Waals surface area (Å²) >= 11 is 12.4. The number of benzene rings is 2. The maximum absolute atomic E-state index is 12.6. The molecule has 0 aliphatic carbocycles. The Kier molecular flexibility index (Phi) is 5.92. The fourth-order valence-corrected chi connectivity index (χ4v) is 3.57. The van der Waals surface area contributed by atoms with Crippen LogP contribution in [0.1, 0.15) is 17.5 Å². The zero-order valence-corrected chi connectivity index (χ0v) is 17.5. The standard InChI is InChI=1S/C21H18Cl2N4O3/c1-29-15-7-5-13(6-8-15)19-9-20(30-26-19)21(28)25-14-10-24-27(11-14)12-16-17(22)3-2-4-18(16)23/h2-8,10-11,20H,9,12H2,1H3,(H,25,28). The second-order valence-corrected chi connectivity index (χ2v) is 7.50. The number of ether oxygens (including phenoxy) is 1. The van der Waals surface area contributed by atoms with Crippen LogP contribution in [0.3, 0.4) is 0 Å². The SMILES string of the molecule is COc1ccc(C2=NOC(C(=O)Nc3cnn(Cc4c(Cl)cccc4Cl)c3)C2)cc1. The van der Waals surface area contributed by atoms with Gasteiger partial charge in [-0.05, 0) is 42.0 Å². The first-order valence-electron chi connectivity index (χ1n) is 9.17. The molecule has 1 amide bonds. The average Bonchev–Trinajstić information content (AvgIpc) is 3.41. The number of nitrogens with one attached hydrogen (secondary N) is 1. The summed E-state index contributed by atoms with van der Waals surface area (Å²) in [6, 6.07) is 12.8. The van der Waals surface area contributed by atoms with Crippen LogP contribution < -0.4 is 10.1 Å². The molecule has 1 aliphatic heterocycles. The summed E-state index contributed by atoms with van der Waals surface area (Å²) in [5.41, 5.74) is 2.90. The Bertz CT molecular complexity index is 1080. The van der Waals surface area contributed by atoms with E-state index < -0.39 is 6.10 Å². The van der Waals surface area contributed by atoms with E-state index in [1.165, 1.54) is 0 Å². The number of methoxy groups -OCH3 is 1. The first kappa shape index (κ1) is 20.3. The van der Waals surface area contributed by atoms with Gasteiger partial charge in [0.05, 0.1) is 31.3 Å². The zero-order valence-electron chi connectivity index (χ0n) is 16.0. The quantitative estimate of drug-likeness (QED) is 0.611. The number of amides is 1. The van der Waals surface area contributed by atoms with Crippen molar-refractivity contribution in [3.63, 3.8) is 0 Å². The lowest BCUT2D eigenvalue weighted by atomic mass is 10.0. The van der Waals surface area contributed by atoms with Gasteiger partial charge in [0.2, 0.25) is 6.10 Å². The summed E-state index contributed by atoms with van der Waals surface area (Å²) < 4.78 is 6.80. The van der Waals surface area contributed by atoms with Gasteiger partial charge in [-0.15, -0.1) is 0 Å². The summed E-state index contributed by atoms with van der Waals surface area (Å²) in [6.45, 7) is 0.388. The first-order valence-corrected chi connectivity index (χ1v) is 9.92. The third-order valence-corrected chi connectivity index (χ3v) is 5.38. The lowest BCUT2D eigenvalue weighted by molar-refractivity contribution is -0.125. The molecule has 1 N–H and O–H groups in total. The molecule has 0 spiro atoms. The number of hydrogen-bond donors (Lipinski definition) is 1. The van der Waals surface area contributed by atoms with Crippen molar-refractivity contribution < 1.29 is 14.4 Å². The fourth-order valence-electron chi connectivity index (χ4n) is 3.05. The van der Waals surface area contributed by atoms with Crippen molar-refractivity contribution in [1.29, 1.82) is 0 Å². The third kappa shape index (κ3) is 4.42. The smallest absolute Gasteiger partial charge is 0.268 e. The van der Waals surface area contributed by atoms with Crippen LogP contribution in [0.25, 0.3) is 0 Å². The molecule has 154 valence electrons. The van der Waals surface area contributed by atoms with Gasteiger partial charge in [0, 0.05) is 28.2 Å². The molecule has 0 radical (unpaired) electrons. The predicted octanol–water partition coefficient (Wildman–Crippen LogP) is 4.38. The molecule has 2 heterocycles. The number of oxime groups is 1. The van der Waals surface area contributed by atoms with E-state index in [9.17, 15) is 4.79 Å². The lowest BCUT2D eigenvalue weighted by Gasteiger charge is -2.08. The highest BCUT2D eigenvalue weighted by Gasteiger charge is 2.29. The highest BCUT2D eigenvalue weighted by Crippen LogP contribution is 2.25. The largest absolute Gasteiger partial charge is 0.497 e. The molecule has 2 aromatic carbocycles. The Balaban J connectivity index is 1.36. The minimum atomic E-state index is -0.705. The Morgan fingerprint density at radius 3 is 2.67 bits per heavy atom. The van der Waals surface area contributed by atoms with Gasteiger partial charge in [-0.2, -0.15) is 5.10 Å². The van der Waals surface area contributed by atoms with Gasteiger partial charge in [0.1, 0.15) is 5.75 Å². The van der Waals surface area contributed by atoms with Crippen molar-refractivity contribution in [3.8, 4) is 5.75 Å². The van der Waals surface area contributed by atoms with E-state index in [-0.39, 0.29) is 5.91 Å². The number of carbonyl (C=O) groups excluding carboxylic acids is 1. The number of hydrogen-bond acceptors (Lipinski definition) is 5. The Morgan fingerprint density at radius 2 is 1.97 bits per heavy atom. The number of aromatic nitrogens is 2. The first-order chi connectivity index (χ1) is 14.5. The summed E-state index contributed by atoms with van der Waals surface area (Å²) in [4.78, 5) is 17.9. The van der Waals surface area contributed by atoms with Gasteiger partial charge in [0.15, 0.2) is 0 Å². The van der Waals surface area contributed by atoms with Gasteiger partial charge in [-0.25, -0.2) is 0 Å². The van der Waals surface area contributed by atoms with Crippen molar-refractivity contribution in [2.24, 2.45) is 5.16 Å². The summed E-state index contributed by atoms with van der Waals surface area (Å²) in [5.74, 6) is 0.459. The lowest BCUT2D eigenvalue weighted by Crippen LogP contribution is -2.27. The van der Waals surface area contributed by atoms with E-state index in [0.29, 0.717) is 34.4 Å². The molecule has 1 atom stereocenters. The Hall–Kier alpha value is -3.03. The summed E-state index contributed by atoms with van der Waals surface area (Å²) in [6.07, 6.45) is 2.94. The molecule has 0 saturated carbocycles. The van der Waals surface area contributed by atoms with Crippen LogP contribution >= 0.6 is 23.2 Å². The van der Waals surface area contributed by atoms with E-state index in [2.05, 4.69) is 15.6 Å². The molecule has 0 fully saturated rings. The van der Waals surface area contributed by atoms with Crippen molar-refractivity contribution in [3.05, 3.63) is 76.0 Å². The fraction of sp³-hybridized carbons (Fsp3) is 0.190. The van der Waals surface area contributed by atoms with E-state index in [4.69, 9.17) is 32.8 Å². The molecular formula is C21H18Cl2N4O3. The van der Waals surface area contributed by atoms with E-state index >= 15 is 0 Å². The molecule has 0 bridgehead atoms. The zero-order chi connectivity index (χ0) is 21.1. The number of halogens is 2. The highest BCUT2D eigenvalue weighted by atomic mass is 35.5. The predicted molar refractivity (Wildman–Crippen MR) is 115 cm³/mol. The van der Waals surface area contributed by atoms with E-state index in [1.807, 2.05) is 24.3 Å². The molecule has 30 heavy (non-hydrogen) atoms. The van der Waals surface area contributed by atoms with Gasteiger partial charge >= 0.3 is 0 Å². The summed E-state index contributed by atoms with van der Waals surface area (Å²) in [7, 11) is 1.61. The van der Waals surface area contributed by atoms with Crippen molar-refractivity contribution in [1.82, 2.24) is 9.78 Å². The van der Waals surface area contributed by atoms with Crippen LogP contribution in [0.15, 0.2) is 60.0 Å². The Labute approximate surface area is 183 Å². The molecular weight excluding hydrogens is 427 g/mol. The van der Waals surface area contributed by atoms with Crippen LogP contribution in [0.5, 0.6) is 5.75 Å². The van der Waals surface area contributed by atoms with Gasteiger partial charge < -0.3 is 14.9 Å². The van der Waals surface area contributed by atoms with Crippen LogP contribution in [0.4, 0.5) is 5.69 Å². The minimum absolute atomic E-state index is 0.294. The second kappa shape index (κ2) is 8.77. The highest BCUT2D eigenvalue weighted by molar-refractivity contribution is 6.36. The van der Waals surface area contributed by atoms with E-state index in [1.54, 1.807) is 42.4 Å². The van der Waals surface area contributed by atoms with Crippen LogP contribution in [0.2, 0.25) is 10.0 Å². The number of nitrogens with zero attached hydrogens (tertiary/aromatic N) is 3. The second-order valence-electron chi connectivity index (χ2n) is 6.68. The number of anilines is 1. The van der Waals surface area contributed by atoms with Crippen molar-refractivity contribution >= 4 is 40.5 Å². The molecule has 1 aliphatic rings. The molecule has 3 aromatic rings. The monoisotopic (exact) mass is 444 g/mol. The maximum atomic E-state index is 12.6. The van der Waals surface area contributed by atoms with Crippen LogP contribution in [0, 0.1) is 0 Å². The molecule has 9 heteroatoms. The topological polar surface area (TPSA) is 77.7 Å². The van der Waals surface area contributed by atoms with Gasteiger partial charge in [0.25, 0.3) is 5.91 Å². The normalized spacial score (nSPS) is 15.4. The summed E-state index contributed by atoms with van der Waals surface area (Å²) in [5, 5.41) is 12.2. The number of rotatable bonds is 6. The molecule has 7 nitrogen and oxygen atoms in total. The maximum Gasteiger partial charge on any atom is 0.268 e. The molecule has 1 aromatic heterocycles. The third-order valence-electron chi connectivity index (χ3n) is 4.67. The molecule has 4 rings (SSSR count). The molecule has 1 unspecified atom stereocenters. The van der Waals surface area contributed by atoms with Crippen molar-refractivity contribution in [2.75, 3.05) is 12.4 Å². The van der Waals surface area contributed by atoms with Crippen molar-refractivity contribution in [2.45, 2.75) is 19.1 Å². The minimum Gasteiger partial charge on any atom is -0.497 e. The Morgan fingerprint density at radius 1 is 1.23 bits per heavy atom. The van der Waals surface area contributed by atoms with Gasteiger partial charge in [-0.3, -0.25) is 9.48 Å². The van der Waals surface area contributed by atoms with E-state index in [0.717, 1.165) is 16.9 Å². The number of carbonyl (C=O) groups is 1. The average molecular weight is 445 g/mol.